The van der Waals surface area contributed by atoms with Crippen molar-refractivity contribution in [2.45, 2.75) is 19.3 Å². The number of carbonyl (C=O) groups is 2. The Labute approximate surface area is 180 Å². The lowest BCUT2D eigenvalue weighted by Gasteiger charge is -2.28. The van der Waals surface area contributed by atoms with Crippen LogP contribution in [0.15, 0.2) is 66.3 Å². The van der Waals surface area contributed by atoms with Crippen LogP contribution in [-0.2, 0) is 22.4 Å². The van der Waals surface area contributed by atoms with Crippen molar-refractivity contribution in [1.82, 2.24) is 15.2 Å². The SMILES string of the molecule is CNC(=O)[C@@]1(Cc2ccccc2-c2cccs2)CCN(C(=O)Cc2cccnc2)C1. The van der Waals surface area contributed by atoms with Gasteiger partial charge in [0.2, 0.25) is 11.8 Å². The molecule has 1 fully saturated rings. The van der Waals surface area contributed by atoms with Crippen molar-refractivity contribution < 1.29 is 9.59 Å². The maximum absolute atomic E-state index is 13.0. The van der Waals surface area contributed by atoms with Gasteiger partial charge in [0, 0.05) is 37.4 Å². The Morgan fingerprint density at radius 2 is 2.03 bits per heavy atom. The lowest BCUT2D eigenvalue weighted by Crippen LogP contribution is -2.44. The maximum atomic E-state index is 13.0. The highest BCUT2D eigenvalue weighted by Gasteiger charge is 2.45. The number of hydrogen-bond donors (Lipinski definition) is 1. The van der Waals surface area contributed by atoms with Crippen LogP contribution in [0.1, 0.15) is 17.5 Å². The minimum atomic E-state index is -0.618. The molecule has 0 spiro atoms. The van der Waals surface area contributed by atoms with E-state index in [4.69, 9.17) is 0 Å². The lowest BCUT2D eigenvalue weighted by atomic mass is 9.78. The summed E-state index contributed by atoms with van der Waals surface area (Å²) in [6, 6.07) is 16.1. The molecule has 3 aromatic rings. The van der Waals surface area contributed by atoms with Crippen LogP contribution in [0.5, 0.6) is 0 Å². The fourth-order valence-corrected chi connectivity index (χ4v) is 5.05. The van der Waals surface area contributed by atoms with Crippen LogP contribution in [0.2, 0.25) is 0 Å². The molecule has 1 N–H and O–H groups in total. The molecule has 30 heavy (non-hydrogen) atoms. The zero-order valence-electron chi connectivity index (χ0n) is 17.0. The van der Waals surface area contributed by atoms with Gasteiger partial charge in [-0.25, -0.2) is 0 Å². The van der Waals surface area contributed by atoms with Crippen LogP contribution in [0.3, 0.4) is 0 Å². The number of carbonyl (C=O) groups excluding carboxylic acids is 2. The van der Waals surface area contributed by atoms with E-state index in [1.807, 2.05) is 35.2 Å². The monoisotopic (exact) mass is 419 g/mol. The van der Waals surface area contributed by atoms with Crippen molar-refractivity contribution in [1.29, 1.82) is 0 Å². The number of pyridine rings is 1. The number of rotatable bonds is 6. The minimum absolute atomic E-state index is 0.000149. The van der Waals surface area contributed by atoms with Crippen LogP contribution in [-0.4, -0.2) is 41.8 Å². The third kappa shape index (κ3) is 4.14. The molecule has 1 aromatic carbocycles. The van der Waals surface area contributed by atoms with Crippen molar-refractivity contribution in [2.24, 2.45) is 5.41 Å². The van der Waals surface area contributed by atoms with Gasteiger partial charge in [0.15, 0.2) is 0 Å². The number of aromatic nitrogens is 1. The highest BCUT2D eigenvalue weighted by atomic mass is 32.1. The van der Waals surface area contributed by atoms with Crippen LogP contribution in [0.25, 0.3) is 10.4 Å². The molecule has 3 heterocycles. The summed E-state index contributed by atoms with van der Waals surface area (Å²) in [5.41, 5.74) is 2.58. The van der Waals surface area contributed by atoms with E-state index in [2.05, 4.69) is 33.9 Å². The van der Waals surface area contributed by atoms with Crippen molar-refractivity contribution in [3.8, 4) is 10.4 Å². The van der Waals surface area contributed by atoms with E-state index >= 15 is 0 Å². The molecule has 154 valence electrons. The zero-order chi connectivity index (χ0) is 21.0. The Balaban J connectivity index is 1.57. The molecule has 1 atom stereocenters. The van der Waals surface area contributed by atoms with Gasteiger partial charge in [-0.3, -0.25) is 14.6 Å². The van der Waals surface area contributed by atoms with Crippen molar-refractivity contribution in [2.75, 3.05) is 20.1 Å². The van der Waals surface area contributed by atoms with Crippen molar-refractivity contribution in [3.05, 3.63) is 77.4 Å². The second kappa shape index (κ2) is 8.79. The number of hydrogen-bond acceptors (Lipinski definition) is 4. The van der Waals surface area contributed by atoms with E-state index in [1.54, 1.807) is 30.8 Å². The first-order chi connectivity index (χ1) is 14.6. The highest BCUT2D eigenvalue weighted by Crippen LogP contribution is 2.38. The van der Waals surface area contributed by atoms with E-state index in [9.17, 15) is 9.59 Å². The Morgan fingerprint density at radius 3 is 2.77 bits per heavy atom. The number of benzene rings is 1. The number of likely N-dealkylation sites (tertiary alicyclic amines) is 1. The van der Waals surface area contributed by atoms with Gasteiger partial charge in [-0.2, -0.15) is 0 Å². The van der Waals surface area contributed by atoms with E-state index < -0.39 is 5.41 Å². The van der Waals surface area contributed by atoms with E-state index in [-0.39, 0.29) is 11.8 Å². The van der Waals surface area contributed by atoms with E-state index in [0.29, 0.717) is 32.4 Å². The van der Waals surface area contributed by atoms with Crippen LogP contribution < -0.4 is 5.32 Å². The Hall–Kier alpha value is -2.99. The summed E-state index contributed by atoms with van der Waals surface area (Å²) in [5.74, 6) is 0.0421. The largest absolute Gasteiger partial charge is 0.359 e. The van der Waals surface area contributed by atoms with E-state index in [0.717, 1.165) is 16.7 Å². The van der Waals surface area contributed by atoms with Crippen LogP contribution in [0.4, 0.5) is 0 Å². The van der Waals surface area contributed by atoms with Gasteiger partial charge < -0.3 is 10.2 Å². The molecular weight excluding hydrogens is 394 g/mol. The second-order valence-electron chi connectivity index (χ2n) is 7.77. The number of nitrogens with zero attached hydrogens (tertiary/aromatic N) is 2. The fourth-order valence-electron chi connectivity index (χ4n) is 4.26. The maximum Gasteiger partial charge on any atom is 0.228 e. The quantitative estimate of drug-likeness (QED) is 0.665. The predicted octanol–water partition coefficient (Wildman–Crippen LogP) is 3.56. The second-order valence-corrected chi connectivity index (χ2v) is 8.72. The first-order valence-electron chi connectivity index (χ1n) is 10.1. The van der Waals surface area contributed by atoms with Crippen molar-refractivity contribution >= 4 is 23.2 Å². The molecular formula is C24H25N3O2S. The first kappa shape index (κ1) is 20.3. The summed E-state index contributed by atoms with van der Waals surface area (Å²) in [4.78, 5) is 33.0. The number of amides is 2. The molecule has 5 nitrogen and oxygen atoms in total. The average molecular weight is 420 g/mol. The van der Waals surface area contributed by atoms with Crippen LogP contribution >= 0.6 is 11.3 Å². The summed E-state index contributed by atoms with van der Waals surface area (Å²) in [7, 11) is 1.68. The van der Waals surface area contributed by atoms with Crippen LogP contribution in [0, 0.1) is 5.41 Å². The normalized spacial score (nSPS) is 18.4. The topological polar surface area (TPSA) is 62.3 Å². The van der Waals surface area contributed by atoms with Gasteiger partial charge in [-0.1, -0.05) is 36.4 Å². The third-order valence-electron chi connectivity index (χ3n) is 5.83. The van der Waals surface area contributed by atoms with Crippen molar-refractivity contribution in [3.63, 3.8) is 0 Å². The highest BCUT2D eigenvalue weighted by molar-refractivity contribution is 7.13. The van der Waals surface area contributed by atoms with Gasteiger partial charge in [0.1, 0.15) is 0 Å². The summed E-state index contributed by atoms with van der Waals surface area (Å²) < 4.78 is 0. The number of nitrogens with one attached hydrogen (secondary N) is 1. The molecule has 1 saturated heterocycles. The molecule has 0 aliphatic carbocycles. The smallest absolute Gasteiger partial charge is 0.228 e. The average Bonchev–Trinajstić information content (AvgIpc) is 3.45. The van der Waals surface area contributed by atoms with Gasteiger partial charge >= 0.3 is 0 Å². The van der Waals surface area contributed by atoms with Gasteiger partial charge in [-0.05, 0) is 47.0 Å². The summed E-state index contributed by atoms with van der Waals surface area (Å²) in [6.07, 6.45) is 4.99. The summed E-state index contributed by atoms with van der Waals surface area (Å²) in [6.45, 7) is 1.03. The molecule has 0 saturated carbocycles. The molecule has 0 unspecified atom stereocenters. The Kier molecular flexibility index (Phi) is 5.95. The zero-order valence-corrected chi connectivity index (χ0v) is 17.8. The standard InChI is InChI=1S/C24H25N3O2S/c1-25-23(29)24(15-19-7-2-3-8-20(19)21-9-5-13-30-21)10-12-27(17-24)22(28)14-18-6-4-11-26-16-18/h2-9,11,13,16H,10,12,14-15,17H2,1H3,(H,25,29)/t24-/m1/s1. The Bertz CT molecular complexity index is 1020. The molecule has 1 aliphatic heterocycles. The first-order valence-corrected chi connectivity index (χ1v) is 11.0. The van der Waals surface area contributed by atoms with Gasteiger partial charge in [-0.15, -0.1) is 11.3 Å². The minimum Gasteiger partial charge on any atom is -0.359 e. The molecule has 2 amide bonds. The third-order valence-corrected chi connectivity index (χ3v) is 6.73. The summed E-state index contributed by atoms with van der Waals surface area (Å²) in [5, 5.41) is 4.91. The molecule has 6 heteroatoms. The lowest BCUT2D eigenvalue weighted by molar-refractivity contribution is -0.132. The van der Waals surface area contributed by atoms with Gasteiger partial charge in [0.25, 0.3) is 0 Å². The molecule has 4 rings (SSSR count). The predicted molar refractivity (Wildman–Crippen MR) is 119 cm³/mol. The molecule has 2 aromatic heterocycles. The molecule has 0 bridgehead atoms. The van der Waals surface area contributed by atoms with E-state index in [1.165, 1.54) is 4.88 Å². The molecule has 0 radical (unpaired) electrons. The Morgan fingerprint density at radius 1 is 1.17 bits per heavy atom. The molecule has 1 aliphatic rings. The van der Waals surface area contributed by atoms with Gasteiger partial charge in [0.05, 0.1) is 11.8 Å². The fraction of sp³-hybridized carbons (Fsp3) is 0.292. The number of thiophene rings is 1. The summed E-state index contributed by atoms with van der Waals surface area (Å²) >= 11 is 1.70.